The first-order valence-electron chi connectivity index (χ1n) is 10.4. The van der Waals surface area contributed by atoms with Gasteiger partial charge in [-0.05, 0) is 62.2 Å². The number of carbonyl (C=O) groups excluding carboxylic acids is 3. The van der Waals surface area contributed by atoms with Crippen LogP contribution >= 0.6 is 0 Å². The van der Waals surface area contributed by atoms with Crippen molar-refractivity contribution in [3.05, 3.63) is 65.9 Å². The maximum Gasteiger partial charge on any atom is 0.306 e. The van der Waals surface area contributed by atoms with Gasteiger partial charge in [-0.1, -0.05) is 17.3 Å². The van der Waals surface area contributed by atoms with E-state index >= 15 is 0 Å². The lowest BCUT2D eigenvalue weighted by Gasteiger charge is -2.09. The minimum Gasteiger partial charge on any atom is -0.457 e. The summed E-state index contributed by atoms with van der Waals surface area (Å²) < 4.78 is 15.5. The van der Waals surface area contributed by atoms with Gasteiger partial charge in [0.1, 0.15) is 17.3 Å². The van der Waals surface area contributed by atoms with E-state index in [-0.39, 0.29) is 24.6 Å². The third-order valence-corrected chi connectivity index (χ3v) is 4.41. The molecule has 0 saturated carbocycles. The molecular formula is C24H25N3O6. The van der Waals surface area contributed by atoms with Gasteiger partial charge < -0.3 is 24.6 Å². The second kappa shape index (κ2) is 11.5. The molecule has 33 heavy (non-hydrogen) atoms. The van der Waals surface area contributed by atoms with Crippen LogP contribution < -0.4 is 15.4 Å². The van der Waals surface area contributed by atoms with Crippen LogP contribution in [0.15, 0.2) is 59.1 Å². The molecule has 0 aliphatic heterocycles. The monoisotopic (exact) mass is 451 g/mol. The van der Waals surface area contributed by atoms with E-state index in [1.807, 2.05) is 31.2 Å². The third-order valence-electron chi connectivity index (χ3n) is 4.41. The summed E-state index contributed by atoms with van der Waals surface area (Å²) in [6, 6.07) is 16.3. The Kier molecular flexibility index (Phi) is 8.18. The number of aryl methyl sites for hydroxylation is 2. The minimum atomic E-state index is -0.563. The molecule has 0 saturated heterocycles. The molecule has 2 N–H and O–H groups in total. The van der Waals surface area contributed by atoms with Gasteiger partial charge in [-0.3, -0.25) is 14.4 Å². The summed E-state index contributed by atoms with van der Waals surface area (Å²) >= 11 is 0. The highest BCUT2D eigenvalue weighted by molar-refractivity contribution is 5.92. The van der Waals surface area contributed by atoms with Gasteiger partial charge in [0, 0.05) is 24.6 Å². The predicted octanol–water partition coefficient (Wildman–Crippen LogP) is 4.37. The van der Waals surface area contributed by atoms with E-state index in [1.54, 1.807) is 37.3 Å². The molecule has 0 bridgehead atoms. The summed E-state index contributed by atoms with van der Waals surface area (Å²) in [7, 11) is 0. The van der Waals surface area contributed by atoms with Crippen LogP contribution in [-0.2, 0) is 19.1 Å². The van der Waals surface area contributed by atoms with E-state index in [1.165, 1.54) is 0 Å². The van der Waals surface area contributed by atoms with Gasteiger partial charge in [0.15, 0.2) is 12.4 Å². The number of anilines is 2. The summed E-state index contributed by atoms with van der Waals surface area (Å²) in [6.45, 7) is 3.24. The molecule has 1 heterocycles. The molecule has 2 aromatic carbocycles. The number of aromatic nitrogens is 1. The van der Waals surface area contributed by atoms with Crippen LogP contribution in [0.1, 0.15) is 30.6 Å². The fourth-order valence-corrected chi connectivity index (χ4v) is 2.86. The zero-order valence-electron chi connectivity index (χ0n) is 18.4. The van der Waals surface area contributed by atoms with Crippen LogP contribution in [0.2, 0.25) is 0 Å². The summed E-state index contributed by atoms with van der Waals surface area (Å²) in [5, 5.41) is 8.83. The van der Waals surface area contributed by atoms with E-state index in [2.05, 4.69) is 15.8 Å². The smallest absolute Gasteiger partial charge is 0.306 e. The van der Waals surface area contributed by atoms with Gasteiger partial charge in [0.25, 0.3) is 5.91 Å². The molecule has 0 unspecified atom stereocenters. The van der Waals surface area contributed by atoms with E-state index in [0.29, 0.717) is 23.6 Å². The summed E-state index contributed by atoms with van der Waals surface area (Å²) in [6.07, 6.45) is 0.456. The molecule has 3 aromatic rings. The Morgan fingerprint density at radius 2 is 1.70 bits per heavy atom. The number of hydrogen-bond acceptors (Lipinski definition) is 7. The second-order valence-electron chi connectivity index (χ2n) is 7.38. The standard InChI is InChI=1S/C24H25N3O6/c1-16-5-3-6-20(13-16)32-19-11-9-18(10-12-19)25-22(28)7-4-8-24(30)31-15-23(29)26-21-14-17(2)33-27-21/h3,5-6,9-14H,4,7-8,15H2,1-2H3,(H,25,28)(H,26,27,29). The molecule has 0 radical (unpaired) electrons. The average Bonchev–Trinajstić information content (AvgIpc) is 3.18. The van der Waals surface area contributed by atoms with Crippen molar-refractivity contribution in [3.63, 3.8) is 0 Å². The van der Waals surface area contributed by atoms with Gasteiger partial charge >= 0.3 is 5.97 Å². The van der Waals surface area contributed by atoms with E-state index in [9.17, 15) is 14.4 Å². The first-order chi connectivity index (χ1) is 15.9. The topological polar surface area (TPSA) is 120 Å². The van der Waals surface area contributed by atoms with Crippen LogP contribution in [-0.4, -0.2) is 29.5 Å². The zero-order valence-corrected chi connectivity index (χ0v) is 18.4. The Labute approximate surface area is 191 Å². The fraction of sp³-hybridized carbons (Fsp3) is 0.250. The summed E-state index contributed by atoms with van der Waals surface area (Å²) in [4.78, 5) is 35.6. The number of rotatable bonds is 10. The largest absolute Gasteiger partial charge is 0.457 e. The van der Waals surface area contributed by atoms with Crippen molar-refractivity contribution in [1.82, 2.24) is 5.16 Å². The Bertz CT molecular complexity index is 1110. The summed E-state index contributed by atoms with van der Waals surface area (Å²) in [5.74, 6) is 0.881. The molecule has 0 atom stereocenters. The van der Waals surface area contributed by atoms with Crippen LogP contribution in [0, 0.1) is 13.8 Å². The number of amides is 2. The normalized spacial score (nSPS) is 10.4. The molecule has 1 aromatic heterocycles. The lowest BCUT2D eigenvalue weighted by atomic mass is 10.2. The Hall–Kier alpha value is -4.14. The molecule has 172 valence electrons. The average molecular weight is 451 g/mol. The number of ether oxygens (including phenoxy) is 2. The maximum atomic E-state index is 12.1. The second-order valence-corrected chi connectivity index (χ2v) is 7.38. The molecular weight excluding hydrogens is 426 g/mol. The first-order valence-corrected chi connectivity index (χ1v) is 10.4. The van der Waals surface area contributed by atoms with Crippen LogP contribution in [0.4, 0.5) is 11.5 Å². The number of benzene rings is 2. The fourth-order valence-electron chi connectivity index (χ4n) is 2.86. The lowest BCUT2D eigenvalue weighted by molar-refractivity contribution is -0.147. The number of nitrogens with zero attached hydrogens (tertiary/aromatic N) is 1. The molecule has 0 fully saturated rings. The summed E-state index contributed by atoms with van der Waals surface area (Å²) in [5.41, 5.74) is 1.73. The van der Waals surface area contributed by atoms with Crippen molar-refractivity contribution >= 4 is 29.3 Å². The molecule has 0 aliphatic rings. The Morgan fingerprint density at radius 3 is 2.39 bits per heavy atom. The Balaban J connectivity index is 1.32. The van der Waals surface area contributed by atoms with Crippen molar-refractivity contribution in [2.75, 3.05) is 17.2 Å². The molecule has 3 rings (SSSR count). The quantitative estimate of drug-likeness (QED) is 0.439. The first kappa shape index (κ1) is 23.5. The van der Waals surface area contributed by atoms with E-state index < -0.39 is 18.5 Å². The van der Waals surface area contributed by atoms with Crippen molar-refractivity contribution in [2.24, 2.45) is 0 Å². The van der Waals surface area contributed by atoms with Gasteiger partial charge in [-0.15, -0.1) is 0 Å². The number of hydrogen-bond donors (Lipinski definition) is 2. The molecule has 2 amide bonds. The number of esters is 1. The van der Waals surface area contributed by atoms with Gasteiger partial charge in [0.05, 0.1) is 0 Å². The highest BCUT2D eigenvalue weighted by Gasteiger charge is 2.11. The molecule has 9 nitrogen and oxygen atoms in total. The van der Waals surface area contributed by atoms with Crippen molar-refractivity contribution in [1.29, 1.82) is 0 Å². The van der Waals surface area contributed by atoms with Crippen molar-refractivity contribution in [2.45, 2.75) is 33.1 Å². The lowest BCUT2D eigenvalue weighted by Crippen LogP contribution is -2.21. The molecule has 0 aliphatic carbocycles. The van der Waals surface area contributed by atoms with E-state index in [0.717, 1.165) is 11.3 Å². The van der Waals surface area contributed by atoms with Crippen LogP contribution in [0.3, 0.4) is 0 Å². The van der Waals surface area contributed by atoms with Gasteiger partial charge in [-0.2, -0.15) is 0 Å². The minimum absolute atomic E-state index is 0.0209. The Morgan fingerprint density at radius 1 is 0.909 bits per heavy atom. The van der Waals surface area contributed by atoms with Crippen molar-refractivity contribution in [3.8, 4) is 11.5 Å². The maximum absolute atomic E-state index is 12.1. The highest BCUT2D eigenvalue weighted by Crippen LogP contribution is 2.23. The molecule has 0 spiro atoms. The third kappa shape index (κ3) is 8.13. The van der Waals surface area contributed by atoms with E-state index in [4.69, 9.17) is 14.0 Å². The van der Waals surface area contributed by atoms with Gasteiger partial charge in [-0.25, -0.2) is 0 Å². The predicted molar refractivity (Wildman–Crippen MR) is 121 cm³/mol. The zero-order chi connectivity index (χ0) is 23.6. The molecule has 9 heteroatoms. The number of nitrogens with one attached hydrogen (secondary N) is 2. The van der Waals surface area contributed by atoms with Gasteiger partial charge in [0.2, 0.25) is 5.91 Å². The SMILES string of the molecule is Cc1cccc(Oc2ccc(NC(=O)CCCC(=O)OCC(=O)Nc3cc(C)on3)cc2)c1. The van der Waals surface area contributed by atoms with Crippen molar-refractivity contribution < 1.29 is 28.4 Å². The highest BCUT2D eigenvalue weighted by atomic mass is 16.5. The van der Waals surface area contributed by atoms with Crippen LogP contribution in [0.25, 0.3) is 0 Å². The van der Waals surface area contributed by atoms with Crippen LogP contribution in [0.5, 0.6) is 11.5 Å². The number of carbonyl (C=O) groups is 3.